The molecule has 0 saturated heterocycles. The van der Waals surface area contributed by atoms with E-state index in [1.54, 1.807) is 6.08 Å². The van der Waals surface area contributed by atoms with Crippen LogP contribution in [0.4, 0.5) is 0 Å². The number of aromatic nitrogens is 2. The molecule has 1 heterocycles. The van der Waals surface area contributed by atoms with Gasteiger partial charge < -0.3 is 0 Å². The van der Waals surface area contributed by atoms with E-state index >= 15 is 0 Å². The number of benzene rings is 2. The summed E-state index contributed by atoms with van der Waals surface area (Å²) in [5.74, 6) is 0. The Morgan fingerprint density at radius 1 is 0.966 bits per heavy atom. The Balaban J connectivity index is 1.59. The Labute approximate surface area is 174 Å². The molecule has 0 saturated carbocycles. The molecule has 1 aliphatic carbocycles. The van der Waals surface area contributed by atoms with Crippen LogP contribution in [-0.2, 0) is 5.41 Å². The van der Waals surface area contributed by atoms with Crippen LogP contribution in [0.1, 0.15) is 67.6 Å². The smallest absolute Gasteiger partial charge is 0.0852 e. The second kappa shape index (κ2) is 7.87. The summed E-state index contributed by atoms with van der Waals surface area (Å²) in [7, 11) is 0. The van der Waals surface area contributed by atoms with Gasteiger partial charge in [0.05, 0.1) is 11.4 Å². The van der Waals surface area contributed by atoms with Gasteiger partial charge in [-0.25, -0.2) is 4.68 Å². The van der Waals surface area contributed by atoms with Gasteiger partial charge in [0.1, 0.15) is 0 Å². The molecule has 148 valence electrons. The van der Waals surface area contributed by atoms with Gasteiger partial charge in [-0.15, -0.1) is 0 Å². The highest BCUT2D eigenvalue weighted by Crippen LogP contribution is 2.34. The molecular formula is C27H30N2. The number of aryl methyl sites for hydroxylation is 1. The fourth-order valence-corrected chi connectivity index (χ4v) is 4.25. The summed E-state index contributed by atoms with van der Waals surface area (Å²) in [6.07, 6.45) is 9.28. The van der Waals surface area contributed by atoms with Gasteiger partial charge in [0.15, 0.2) is 0 Å². The molecule has 4 rings (SSSR count). The second-order valence-electron chi connectivity index (χ2n) is 8.55. The Hall–Kier alpha value is -2.87. The molecular weight excluding hydrogens is 352 g/mol. The molecule has 0 aliphatic heterocycles. The molecule has 29 heavy (non-hydrogen) atoms. The lowest BCUT2D eigenvalue weighted by Crippen LogP contribution is -2.19. The van der Waals surface area contributed by atoms with E-state index in [0.717, 1.165) is 17.1 Å². The quantitative estimate of drug-likeness (QED) is 0.460. The molecule has 2 nitrogen and oxygen atoms in total. The zero-order valence-electron chi connectivity index (χ0n) is 17.8. The van der Waals surface area contributed by atoms with Gasteiger partial charge in [-0.05, 0) is 79.1 Å². The highest BCUT2D eigenvalue weighted by molar-refractivity contribution is 5.66. The average Bonchev–Trinajstić information content (AvgIpc) is 3.15. The number of allylic oxidation sites excluding steroid dienone is 2. The van der Waals surface area contributed by atoms with Gasteiger partial charge in [-0.3, -0.25) is 0 Å². The van der Waals surface area contributed by atoms with Crippen molar-refractivity contribution < 1.29 is 0 Å². The van der Waals surface area contributed by atoms with Crippen molar-refractivity contribution >= 4 is 11.6 Å². The van der Waals surface area contributed by atoms with E-state index < -0.39 is 0 Å². The van der Waals surface area contributed by atoms with E-state index in [4.69, 9.17) is 0 Å². The van der Waals surface area contributed by atoms with Crippen LogP contribution in [0.5, 0.6) is 0 Å². The molecule has 0 bridgehead atoms. The average molecular weight is 383 g/mol. The first-order valence-electron chi connectivity index (χ1n) is 10.6. The summed E-state index contributed by atoms with van der Waals surface area (Å²) in [6, 6.07) is 20.0. The Morgan fingerprint density at radius 3 is 2.17 bits per heavy atom. The van der Waals surface area contributed by atoms with E-state index in [1.165, 1.54) is 47.9 Å². The van der Waals surface area contributed by atoms with Crippen LogP contribution in [0.25, 0.3) is 17.3 Å². The molecule has 0 N–H and O–H groups in total. The van der Waals surface area contributed by atoms with Crippen molar-refractivity contribution in [2.45, 2.75) is 51.9 Å². The van der Waals surface area contributed by atoms with Crippen LogP contribution >= 0.6 is 0 Å². The van der Waals surface area contributed by atoms with Crippen LogP contribution in [0.2, 0.25) is 0 Å². The Kier molecular flexibility index (Phi) is 5.27. The molecule has 0 unspecified atom stereocenters. The summed E-state index contributed by atoms with van der Waals surface area (Å²) in [5, 5.41) is 4.60. The van der Waals surface area contributed by atoms with E-state index in [0.29, 0.717) is 0 Å². The number of hydrogen-bond acceptors (Lipinski definition) is 1. The van der Waals surface area contributed by atoms with Crippen LogP contribution in [0, 0.1) is 6.92 Å². The number of hydrogen-bond donors (Lipinski definition) is 0. The predicted molar refractivity (Wildman–Crippen MR) is 123 cm³/mol. The maximum absolute atomic E-state index is 4.60. The molecule has 0 atom stereocenters. The normalized spacial score (nSPS) is 14.5. The minimum Gasteiger partial charge on any atom is -0.238 e. The number of nitrogens with zero attached hydrogens (tertiary/aromatic N) is 2. The lowest BCUT2D eigenvalue weighted by Gasteiger charge is -2.27. The lowest BCUT2D eigenvalue weighted by molar-refractivity contribution is 0.640. The van der Waals surface area contributed by atoms with Crippen molar-refractivity contribution in [3.05, 3.63) is 95.3 Å². The standard InChI is InChI=1S/C27H30N2/c1-5-25-19-20(2)29(28-25)26-17-15-24(16-18-26)27(3,4)23-13-11-22(12-14-23)21-9-7-6-8-10-21/h5,9,11-19H,1,6-8,10H2,2-4H3. The summed E-state index contributed by atoms with van der Waals surface area (Å²) < 4.78 is 1.97. The van der Waals surface area contributed by atoms with E-state index in [1.807, 2.05) is 10.7 Å². The molecule has 0 fully saturated rings. The zero-order chi connectivity index (χ0) is 20.4. The first-order valence-corrected chi connectivity index (χ1v) is 10.6. The zero-order valence-corrected chi connectivity index (χ0v) is 17.8. The molecule has 3 aromatic rings. The molecule has 2 aromatic carbocycles. The summed E-state index contributed by atoms with van der Waals surface area (Å²) >= 11 is 0. The third kappa shape index (κ3) is 3.85. The fraction of sp³-hybridized carbons (Fsp3) is 0.296. The maximum Gasteiger partial charge on any atom is 0.0852 e. The molecule has 1 aromatic heterocycles. The van der Waals surface area contributed by atoms with Gasteiger partial charge in [0.2, 0.25) is 0 Å². The Bertz CT molecular complexity index is 1030. The topological polar surface area (TPSA) is 17.8 Å². The summed E-state index contributed by atoms with van der Waals surface area (Å²) in [6.45, 7) is 10.5. The molecule has 1 aliphatic rings. The van der Waals surface area contributed by atoms with Crippen molar-refractivity contribution in [3.8, 4) is 5.69 Å². The third-order valence-electron chi connectivity index (χ3n) is 6.22. The highest BCUT2D eigenvalue weighted by Gasteiger charge is 2.23. The first-order chi connectivity index (χ1) is 14.0. The van der Waals surface area contributed by atoms with Gasteiger partial charge in [-0.2, -0.15) is 5.10 Å². The maximum atomic E-state index is 4.60. The van der Waals surface area contributed by atoms with Gasteiger partial charge in [0.25, 0.3) is 0 Å². The van der Waals surface area contributed by atoms with Crippen LogP contribution in [0.3, 0.4) is 0 Å². The van der Waals surface area contributed by atoms with Gasteiger partial charge >= 0.3 is 0 Å². The second-order valence-corrected chi connectivity index (χ2v) is 8.55. The van der Waals surface area contributed by atoms with Crippen molar-refractivity contribution in [2.75, 3.05) is 0 Å². The minimum atomic E-state index is -0.0521. The van der Waals surface area contributed by atoms with Gasteiger partial charge in [0, 0.05) is 11.1 Å². The molecule has 2 heteroatoms. The van der Waals surface area contributed by atoms with E-state index in [-0.39, 0.29) is 5.41 Å². The predicted octanol–water partition coefficient (Wildman–Crippen LogP) is 7.11. The van der Waals surface area contributed by atoms with Crippen molar-refractivity contribution in [2.24, 2.45) is 0 Å². The van der Waals surface area contributed by atoms with Gasteiger partial charge in [-0.1, -0.05) is 62.9 Å². The van der Waals surface area contributed by atoms with Crippen molar-refractivity contribution in [1.29, 1.82) is 0 Å². The SMILES string of the molecule is C=Cc1cc(C)n(-c2ccc(C(C)(C)c3ccc(C4=CCCCC4)cc3)cc2)n1. The molecule has 0 radical (unpaired) electrons. The minimum absolute atomic E-state index is 0.0521. The van der Waals surface area contributed by atoms with Crippen LogP contribution in [0.15, 0.2) is 67.3 Å². The van der Waals surface area contributed by atoms with Crippen molar-refractivity contribution in [3.63, 3.8) is 0 Å². The number of rotatable bonds is 5. The third-order valence-corrected chi connectivity index (χ3v) is 6.22. The van der Waals surface area contributed by atoms with Crippen molar-refractivity contribution in [1.82, 2.24) is 9.78 Å². The Morgan fingerprint density at radius 2 is 1.62 bits per heavy atom. The van der Waals surface area contributed by atoms with E-state index in [9.17, 15) is 0 Å². The largest absolute Gasteiger partial charge is 0.238 e. The summed E-state index contributed by atoms with van der Waals surface area (Å²) in [5.41, 5.74) is 8.58. The van der Waals surface area contributed by atoms with Crippen LogP contribution < -0.4 is 0 Å². The highest BCUT2D eigenvalue weighted by atomic mass is 15.3. The first kappa shape index (κ1) is 19.4. The molecule has 0 spiro atoms. The van der Waals surface area contributed by atoms with E-state index in [2.05, 4.69) is 87.1 Å². The monoisotopic (exact) mass is 382 g/mol. The summed E-state index contributed by atoms with van der Waals surface area (Å²) in [4.78, 5) is 0. The fourth-order valence-electron chi connectivity index (χ4n) is 4.25. The van der Waals surface area contributed by atoms with Crippen LogP contribution in [-0.4, -0.2) is 9.78 Å². The lowest BCUT2D eigenvalue weighted by atomic mass is 9.77. The molecule has 0 amide bonds.